The minimum atomic E-state index is -0.365. The maximum absolute atomic E-state index is 13.1. The van der Waals surface area contributed by atoms with Crippen LogP contribution >= 0.6 is 15.9 Å². The SMILES string of the molecule is CCOc1cc(/C=C(/C#N)C(=O)NC2CCCC2)c(Br)cc1OCc1ccc(F)cc1. The van der Waals surface area contributed by atoms with Crippen LogP contribution in [0, 0.1) is 17.1 Å². The van der Waals surface area contributed by atoms with Crippen molar-refractivity contribution in [2.24, 2.45) is 0 Å². The molecule has 0 bridgehead atoms. The highest BCUT2D eigenvalue weighted by Crippen LogP contribution is 2.35. The summed E-state index contributed by atoms with van der Waals surface area (Å²) in [5.41, 5.74) is 1.49. The lowest BCUT2D eigenvalue weighted by molar-refractivity contribution is -0.117. The molecule has 1 fully saturated rings. The number of nitriles is 1. The molecule has 3 rings (SSSR count). The average Bonchev–Trinajstić information content (AvgIpc) is 3.27. The van der Waals surface area contributed by atoms with Gasteiger partial charge in [-0.05, 0) is 61.2 Å². The molecule has 2 aromatic rings. The molecule has 0 atom stereocenters. The minimum Gasteiger partial charge on any atom is -0.490 e. The Morgan fingerprint density at radius 3 is 2.55 bits per heavy atom. The highest BCUT2D eigenvalue weighted by atomic mass is 79.9. The molecule has 0 aliphatic heterocycles. The Balaban J connectivity index is 1.80. The molecule has 31 heavy (non-hydrogen) atoms. The fourth-order valence-electron chi connectivity index (χ4n) is 3.42. The summed E-state index contributed by atoms with van der Waals surface area (Å²) in [6, 6.07) is 11.7. The highest BCUT2D eigenvalue weighted by Gasteiger charge is 2.20. The van der Waals surface area contributed by atoms with Gasteiger partial charge in [-0.2, -0.15) is 5.26 Å². The van der Waals surface area contributed by atoms with E-state index in [1.54, 1.807) is 30.3 Å². The molecule has 162 valence electrons. The van der Waals surface area contributed by atoms with Crippen molar-refractivity contribution in [2.45, 2.75) is 45.3 Å². The van der Waals surface area contributed by atoms with Gasteiger partial charge in [-0.15, -0.1) is 0 Å². The molecule has 5 nitrogen and oxygen atoms in total. The first-order valence-electron chi connectivity index (χ1n) is 10.3. The van der Waals surface area contributed by atoms with Crippen molar-refractivity contribution in [1.29, 1.82) is 5.26 Å². The van der Waals surface area contributed by atoms with Crippen molar-refractivity contribution in [1.82, 2.24) is 5.32 Å². The van der Waals surface area contributed by atoms with Gasteiger partial charge in [-0.25, -0.2) is 4.39 Å². The van der Waals surface area contributed by atoms with Crippen molar-refractivity contribution in [2.75, 3.05) is 6.61 Å². The molecular weight excluding hydrogens is 463 g/mol. The van der Waals surface area contributed by atoms with Gasteiger partial charge in [0.1, 0.15) is 24.1 Å². The number of amides is 1. The van der Waals surface area contributed by atoms with E-state index in [0.29, 0.717) is 28.1 Å². The third-order valence-corrected chi connectivity index (χ3v) is 5.71. The second kappa shape index (κ2) is 11.0. The van der Waals surface area contributed by atoms with Crippen LogP contribution in [0.25, 0.3) is 6.08 Å². The first-order chi connectivity index (χ1) is 15.0. The monoisotopic (exact) mass is 486 g/mol. The zero-order chi connectivity index (χ0) is 22.2. The number of halogens is 2. The van der Waals surface area contributed by atoms with Gasteiger partial charge in [-0.1, -0.05) is 40.9 Å². The van der Waals surface area contributed by atoms with Crippen LogP contribution in [0.3, 0.4) is 0 Å². The zero-order valence-corrected chi connectivity index (χ0v) is 18.9. The Morgan fingerprint density at radius 1 is 1.23 bits per heavy atom. The lowest BCUT2D eigenvalue weighted by Gasteiger charge is -2.15. The van der Waals surface area contributed by atoms with Crippen molar-refractivity contribution in [3.8, 4) is 17.6 Å². The van der Waals surface area contributed by atoms with Gasteiger partial charge in [0.05, 0.1) is 6.61 Å². The van der Waals surface area contributed by atoms with Crippen LogP contribution < -0.4 is 14.8 Å². The molecular formula is C24H24BrFN2O3. The Morgan fingerprint density at radius 2 is 1.90 bits per heavy atom. The van der Waals surface area contributed by atoms with Gasteiger partial charge in [0, 0.05) is 10.5 Å². The van der Waals surface area contributed by atoms with Crippen LogP contribution in [-0.2, 0) is 11.4 Å². The van der Waals surface area contributed by atoms with E-state index in [-0.39, 0.29) is 29.9 Å². The standard InChI is InChI=1S/C24H24BrFN2O3/c1-2-30-22-12-17(11-18(14-27)24(29)28-20-5-3-4-6-20)21(25)13-23(22)31-15-16-7-9-19(26)10-8-16/h7-13,20H,2-6,15H2,1H3,(H,28,29)/b18-11-. The van der Waals surface area contributed by atoms with E-state index in [0.717, 1.165) is 31.2 Å². The summed E-state index contributed by atoms with van der Waals surface area (Å²) in [7, 11) is 0. The molecule has 0 saturated heterocycles. The van der Waals surface area contributed by atoms with Gasteiger partial charge in [0.25, 0.3) is 5.91 Å². The largest absolute Gasteiger partial charge is 0.490 e. The van der Waals surface area contributed by atoms with E-state index >= 15 is 0 Å². The summed E-state index contributed by atoms with van der Waals surface area (Å²) in [6.45, 7) is 2.53. The van der Waals surface area contributed by atoms with Crippen LogP contribution in [0.2, 0.25) is 0 Å². The molecule has 2 aromatic carbocycles. The second-order valence-electron chi connectivity index (χ2n) is 7.29. The van der Waals surface area contributed by atoms with Crippen LogP contribution in [0.15, 0.2) is 46.4 Å². The molecule has 1 amide bonds. The quantitative estimate of drug-likeness (QED) is 0.393. The maximum atomic E-state index is 13.1. The summed E-state index contributed by atoms with van der Waals surface area (Å²) >= 11 is 3.49. The molecule has 1 aliphatic rings. The van der Waals surface area contributed by atoms with E-state index in [2.05, 4.69) is 21.2 Å². The molecule has 1 N–H and O–H groups in total. The van der Waals surface area contributed by atoms with E-state index in [1.165, 1.54) is 12.1 Å². The van der Waals surface area contributed by atoms with Crippen molar-refractivity contribution in [3.05, 3.63) is 63.4 Å². The van der Waals surface area contributed by atoms with Gasteiger partial charge in [0.15, 0.2) is 11.5 Å². The van der Waals surface area contributed by atoms with Crippen molar-refractivity contribution in [3.63, 3.8) is 0 Å². The van der Waals surface area contributed by atoms with Gasteiger partial charge in [-0.3, -0.25) is 4.79 Å². The summed E-state index contributed by atoms with van der Waals surface area (Å²) in [5, 5.41) is 12.4. The van der Waals surface area contributed by atoms with E-state index in [4.69, 9.17) is 9.47 Å². The first kappa shape index (κ1) is 22.8. The molecule has 0 unspecified atom stereocenters. The smallest absolute Gasteiger partial charge is 0.262 e. The van der Waals surface area contributed by atoms with Crippen LogP contribution in [0.1, 0.15) is 43.7 Å². The minimum absolute atomic E-state index is 0.0371. The third-order valence-electron chi connectivity index (χ3n) is 5.03. The maximum Gasteiger partial charge on any atom is 0.262 e. The second-order valence-corrected chi connectivity index (χ2v) is 8.15. The number of carbonyl (C=O) groups is 1. The number of hydrogen-bond donors (Lipinski definition) is 1. The fourth-order valence-corrected chi connectivity index (χ4v) is 3.86. The number of rotatable bonds is 8. The van der Waals surface area contributed by atoms with E-state index in [1.807, 2.05) is 13.0 Å². The molecule has 0 heterocycles. The summed E-state index contributed by atoms with van der Waals surface area (Å²) in [4.78, 5) is 12.5. The molecule has 0 radical (unpaired) electrons. The van der Waals surface area contributed by atoms with Crippen LogP contribution in [0.5, 0.6) is 11.5 Å². The third kappa shape index (κ3) is 6.31. The number of nitrogens with zero attached hydrogens (tertiary/aromatic N) is 1. The Labute approximate surface area is 190 Å². The lowest BCUT2D eigenvalue weighted by atomic mass is 10.1. The van der Waals surface area contributed by atoms with Gasteiger partial charge >= 0.3 is 0 Å². The predicted molar refractivity (Wildman–Crippen MR) is 120 cm³/mol. The summed E-state index contributed by atoms with van der Waals surface area (Å²) in [6.07, 6.45) is 5.63. The van der Waals surface area contributed by atoms with Crippen molar-refractivity contribution >= 4 is 27.9 Å². The summed E-state index contributed by atoms with van der Waals surface area (Å²) in [5.74, 6) is 0.329. The topological polar surface area (TPSA) is 71.3 Å². The zero-order valence-electron chi connectivity index (χ0n) is 17.3. The molecule has 0 aromatic heterocycles. The molecule has 7 heteroatoms. The van der Waals surface area contributed by atoms with Crippen LogP contribution in [-0.4, -0.2) is 18.6 Å². The molecule has 1 aliphatic carbocycles. The number of hydrogen-bond acceptors (Lipinski definition) is 4. The van der Waals surface area contributed by atoms with Crippen LogP contribution in [0.4, 0.5) is 4.39 Å². The summed E-state index contributed by atoms with van der Waals surface area (Å²) < 4.78 is 25.3. The first-order valence-corrected chi connectivity index (χ1v) is 11.1. The Bertz CT molecular complexity index is 993. The van der Waals surface area contributed by atoms with E-state index < -0.39 is 0 Å². The number of benzene rings is 2. The number of nitrogens with one attached hydrogen (secondary N) is 1. The lowest BCUT2D eigenvalue weighted by Crippen LogP contribution is -2.33. The number of carbonyl (C=O) groups excluding carboxylic acids is 1. The predicted octanol–water partition coefficient (Wildman–Crippen LogP) is 5.53. The molecule has 0 spiro atoms. The Kier molecular flexibility index (Phi) is 8.07. The number of ether oxygens (including phenoxy) is 2. The van der Waals surface area contributed by atoms with Gasteiger partial charge in [0.2, 0.25) is 0 Å². The highest BCUT2D eigenvalue weighted by molar-refractivity contribution is 9.10. The van der Waals surface area contributed by atoms with Gasteiger partial charge < -0.3 is 14.8 Å². The van der Waals surface area contributed by atoms with Crippen molar-refractivity contribution < 1.29 is 18.7 Å². The average molecular weight is 487 g/mol. The Hall–Kier alpha value is -2.85. The van der Waals surface area contributed by atoms with E-state index in [9.17, 15) is 14.4 Å². The normalized spacial score (nSPS) is 14.2. The molecule has 1 saturated carbocycles. The fraction of sp³-hybridized carbons (Fsp3) is 0.333.